The number of rotatable bonds is 8. The van der Waals surface area contributed by atoms with Crippen LogP contribution in [0.2, 0.25) is 0 Å². The van der Waals surface area contributed by atoms with Crippen LogP contribution in [-0.2, 0) is 11.3 Å². The first-order valence-corrected chi connectivity index (χ1v) is 15.0. The number of benzene rings is 1. The van der Waals surface area contributed by atoms with E-state index in [0.717, 1.165) is 12.0 Å². The van der Waals surface area contributed by atoms with E-state index in [1.54, 1.807) is 18.1 Å². The summed E-state index contributed by atoms with van der Waals surface area (Å²) in [5.74, 6) is 0.645. The summed E-state index contributed by atoms with van der Waals surface area (Å²) in [6, 6.07) is 11.0. The Morgan fingerprint density at radius 3 is 2.40 bits per heavy atom. The minimum absolute atomic E-state index is 0.0143. The number of likely N-dealkylation sites (tertiary alicyclic amines) is 1. The van der Waals surface area contributed by atoms with Gasteiger partial charge in [0, 0.05) is 55.8 Å². The maximum atomic E-state index is 13.5. The highest BCUT2D eigenvalue weighted by Gasteiger charge is 2.49. The van der Waals surface area contributed by atoms with Crippen molar-refractivity contribution in [3.8, 4) is 11.1 Å². The predicted molar refractivity (Wildman–Crippen MR) is 159 cm³/mol. The fourth-order valence-electron chi connectivity index (χ4n) is 6.26. The molecular formula is C33H47N3O4. The maximum absolute atomic E-state index is 13.5. The van der Waals surface area contributed by atoms with Crippen LogP contribution < -0.4 is 5.56 Å². The summed E-state index contributed by atoms with van der Waals surface area (Å²) in [6.45, 7) is 8.79. The van der Waals surface area contributed by atoms with E-state index in [1.165, 1.54) is 42.7 Å². The highest BCUT2D eigenvalue weighted by molar-refractivity contribution is 6.00. The summed E-state index contributed by atoms with van der Waals surface area (Å²) >= 11 is 0. The lowest BCUT2D eigenvalue weighted by Gasteiger charge is -2.50. The Labute approximate surface area is 239 Å². The van der Waals surface area contributed by atoms with Crippen molar-refractivity contribution in [1.29, 1.82) is 0 Å². The molecule has 40 heavy (non-hydrogen) atoms. The van der Waals surface area contributed by atoms with Crippen molar-refractivity contribution < 1.29 is 14.7 Å². The second-order valence-corrected chi connectivity index (χ2v) is 13.0. The first kappa shape index (κ1) is 30.0. The van der Waals surface area contributed by atoms with Crippen molar-refractivity contribution >= 4 is 11.8 Å². The molecule has 1 aromatic carbocycles. The molecule has 1 aromatic heterocycles. The van der Waals surface area contributed by atoms with E-state index >= 15 is 0 Å². The molecule has 218 valence electrons. The van der Waals surface area contributed by atoms with E-state index in [1.807, 2.05) is 62.9 Å². The van der Waals surface area contributed by atoms with Gasteiger partial charge < -0.3 is 19.5 Å². The lowest BCUT2D eigenvalue weighted by Crippen LogP contribution is -2.60. The summed E-state index contributed by atoms with van der Waals surface area (Å²) in [5.41, 5.74) is -0.301. The van der Waals surface area contributed by atoms with Gasteiger partial charge in [0.25, 0.3) is 11.5 Å². The van der Waals surface area contributed by atoms with E-state index < -0.39 is 11.0 Å². The van der Waals surface area contributed by atoms with Crippen molar-refractivity contribution in [1.82, 2.24) is 14.4 Å². The third-order valence-electron chi connectivity index (χ3n) is 9.45. The van der Waals surface area contributed by atoms with Gasteiger partial charge in [-0.3, -0.25) is 14.4 Å². The molecule has 2 heterocycles. The van der Waals surface area contributed by atoms with E-state index in [-0.39, 0.29) is 30.0 Å². The molecule has 1 saturated heterocycles. The monoisotopic (exact) mass is 549 g/mol. The van der Waals surface area contributed by atoms with Crippen LogP contribution in [0.4, 0.5) is 0 Å². The van der Waals surface area contributed by atoms with Crippen LogP contribution in [0, 0.1) is 11.3 Å². The molecule has 1 aliphatic heterocycles. The Bertz CT molecular complexity index is 1250. The lowest BCUT2D eigenvalue weighted by atomic mass is 9.69. The number of piperidine rings is 1. The zero-order valence-electron chi connectivity index (χ0n) is 25.0. The molecule has 0 radical (unpaired) electrons. The molecule has 2 amide bonds. The van der Waals surface area contributed by atoms with Crippen molar-refractivity contribution in [2.24, 2.45) is 11.3 Å². The zero-order valence-corrected chi connectivity index (χ0v) is 25.0. The van der Waals surface area contributed by atoms with E-state index in [2.05, 4.69) is 0 Å². The second-order valence-electron chi connectivity index (χ2n) is 13.0. The van der Waals surface area contributed by atoms with Crippen LogP contribution in [0.5, 0.6) is 0 Å². The fraction of sp³-hybridized carbons (Fsp3) is 0.606. The Hall–Kier alpha value is -2.93. The van der Waals surface area contributed by atoms with Crippen molar-refractivity contribution in [3.63, 3.8) is 0 Å². The van der Waals surface area contributed by atoms with Gasteiger partial charge in [0.05, 0.1) is 17.7 Å². The number of hydrogen-bond donors (Lipinski definition) is 1. The molecule has 0 spiro atoms. The van der Waals surface area contributed by atoms with Crippen LogP contribution in [-0.4, -0.2) is 63.1 Å². The summed E-state index contributed by atoms with van der Waals surface area (Å²) in [6.07, 6.45) is 9.82. The van der Waals surface area contributed by atoms with Crippen LogP contribution in [0.1, 0.15) is 89.4 Å². The summed E-state index contributed by atoms with van der Waals surface area (Å²) < 4.78 is 1.48. The molecule has 1 saturated carbocycles. The highest BCUT2D eigenvalue weighted by atomic mass is 16.3. The first-order valence-electron chi connectivity index (χ1n) is 15.0. The average molecular weight is 550 g/mol. The molecule has 0 bridgehead atoms. The number of amides is 2. The Kier molecular flexibility index (Phi) is 9.23. The molecule has 2 fully saturated rings. The maximum Gasteiger partial charge on any atom is 0.255 e. The fourth-order valence-corrected chi connectivity index (χ4v) is 6.26. The molecule has 1 N–H and O–H groups in total. The van der Waals surface area contributed by atoms with Crippen LogP contribution in [0.3, 0.4) is 0 Å². The minimum atomic E-state index is -1.21. The Morgan fingerprint density at radius 1 is 1.10 bits per heavy atom. The first-order chi connectivity index (χ1) is 18.9. The molecule has 4 rings (SSSR count). The van der Waals surface area contributed by atoms with E-state index in [4.69, 9.17) is 0 Å². The number of aromatic nitrogens is 1. The van der Waals surface area contributed by atoms with Crippen LogP contribution in [0.15, 0.2) is 47.4 Å². The summed E-state index contributed by atoms with van der Waals surface area (Å²) in [7, 11) is 1.76. The second kappa shape index (κ2) is 12.3. The zero-order chi connectivity index (χ0) is 29.1. The molecule has 1 atom stereocenters. The average Bonchev–Trinajstić information content (AvgIpc) is 2.94. The topological polar surface area (TPSA) is 82.8 Å². The van der Waals surface area contributed by atoms with Gasteiger partial charge >= 0.3 is 0 Å². The van der Waals surface area contributed by atoms with Gasteiger partial charge in [-0.15, -0.1) is 0 Å². The Balaban J connectivity index is 1.55. The number of carbonyl (C=O) groups excluding carboxylic acids is 2. The third kappa shape index (κ3) is 6.51. The van der Waals surface area contributed by atoms with Gasteiger partial charge in [-0.05, 0) is 38.2 Å². The van der Waals surface area contributed by atoms with Crippen molar-refractivity contribution in [3.05, 3.63) is 58.5 Å². The Morgan fingerprint density at radius 2 is 1.77 bits per heavy atom. The van der Waals surface area contributed by atoms with Crippen molar-refractivity contribution in [2.45, 2.75) is 97.2 Å². The highest BCUT2D eigenvalue weighted by Crippen LogP contribution is 2.40. The summed E-state index contributed by atoms with van der Waals surface area (Å²) in [4.78, 5) is 43.6. The smallest absolute Gasteiger partial charge is 0.255 e. The standard InChI is InChI=1S/C33H47N3O4/c1-24(2)34(5)31(39)28-21-36(30(38)20-27(28)26-14-10-7-11-15-26)23-33(40)18-19-35(22-32(33,3)4)29(37)17-16-25-12-8-6-9-13-25/h7,10-11,14-15,20-21,24-25,40H,6,8-9,12-13,16-19,22-23H2,1-5H3. The van der Waals surface area contributed by atoms with Gasteiger partial charge in [0.1, 0.15) is 0 Å². The number of hydrogen-bond acceptors (Lipinski definition) is 4. The minimum Gasteiger partial charge on any atom is -0.387 e. The molecule has 1 aliphatic carbocycles. The molecule has 2 aromatic rings. The lowest BCUT2D eigenvalue weighted by molar-refractivity contribution is -0.154. The normalized spacial score (nSPS) is 21.4. The van der Waals surface area contributed by atoms with Gasteiger partial charge in [-0.2, -0.15) is 0 Å². The van der Waals surface area contributed by atoms with Crippen molar-refractivity contribution in [2.75, 3.05) is 20.1 Å². The third-order valence-corrected chi connectivity index (χ3v) is 9.45. The number of pyridine rings is 1. The number of aliphatic hydroxyl groups is 1. The van der Waals surface area contributed by atoms with Gasteiger partial charge in [0.15, 0.2) is 0 Å². The number of carbonyl (C=O) groups is 2. The van der Waals surface area contributed by atoms with Gasteiger partial charge in [0.2, 0.25) is 5.91 Å². The van der Waals surface area contributed by atoms with Gasteiger partial charge in [-0.1, -0.05) is 76.3 Å². The molecule has 1 unspecified atom stereocenters. The molecule has 2 aliphatic rings. The molecular weight excluding hydrogens is 502 g/mol. The van der Waals surface area contributed by atoms with E-state index in [9.17, 15) is 19.5 Å². The van der Waals surface area contributed by atoms with E-state index in [0.29, 0.717) is 43.0 Å². The van der Waals surface area contributed by atoms with Gasteiger partial charge in [-0.25, -0.2) is 0 Å². The predicted octanol–water partition coefficient (Wildman–Crippen LogP) is 5.35. The molecule has 7 heteroatoms. The van der Waals surface area contributed by atoms with Crippen LogP contribution >= 0.6 is 0 Å². The SMILES string of the molecule is CC(C)N(C)C(=O)c1cn(CC2(O)CCN(C(=O)CCC3CCCCC3)CC2(C)C)c(=O)cc1-c1ccccc1. The largest absolute Gasteiger partial charge is 0.387 e. The quantitative estimate of drug-likeness (QED) is 0.482. The van der Waals surface area contributed by atoms with Crippen LogP contribution in [0.25, 0.3) is 11.1 Å². The molecule has 7 nitrogen and oxygen atoms in total. The summed E-state index contributed by atoms with van der Waals surface area (Å²) in [5, 5.41) is 11.9. The number of nitrogens with zero attached hydrogens (tertiary/aromatic N) is 3.